The first-order chi connectivity index (χ1) is 28.4. The van der Waals surface area contributed by atoms with Crippen molar-refractivity contribution in [2.75, 3.05) is 13.2 Å². The van der Waals surface area contributed by atoms with Crippen LogP contribution in [0, 0.1) is 0 Å². The lowest BCUT2D eigenvalue weighted by Crippen LogP contribution is -2.64. The molecule has 2 aliphatic heterocycles. The van der Waals surface area contributed by atoms with E-state index in [1.807, 2.05) is 0 Å². The minimum absolute atomic E-state index is 0.345. The lowest BCUT2D eigenvalue weighted by atomic mass is 9.97. The van der Waals surface area contributed by atoms with E-state index in [2.05, 4.69) is 13.8 Å². The van der Waals surface area contributed by atoms with Gasteiger partial charge in [0.25, 0.3) is 0 Å². The Balaban J connectivity index is 0.000000868. The number of carbonyl (C=O) groups is 2. The van der Waals surface area contributed by atoms with Crippen molar-refractivity contribution in [3.8, 4) is 0 Å². The predicted molar refractivity (Wildman–Crippen MR) is 225 cm³/mol. The van der Waals surface area contributed by atoms with Crippen LogP contribution in [0.1, 0.15) is 194 Å². The molecule has 0 aromatic carbocycles. The van der Waals surface area contributed by atoms with Gasteiger partial charge in [-0.2, -0.15) is 0 Å². The number of ether oxygens (including phenoxy) is 3. The number of carboxylic acid groups (broad SMARTS) is 2. The van der Waals surface area contributed by atoms with Crippen LogP contribution in [0.15, 0.2) is 0 Å². The van der Waals surface area contributed by atoms with E-state index in [1.54, 1.807) is 0 Å². The number of unbranched alkanes of at least 4 members (excludes halogenated alkanes) is 24. The highest BCUT2D eigenvalue weighted by Crippen LogP contribution is 2.28. The zero-order chi connectivity index (χ0) is 44.3. The first-order valence-electron chi connectivity index (χ1n) is 23.1. The van der Waals surface area contributed by atoms with Gasteiger partial charge in [0, 0.05) is 12.8 Å². The van der Waals surface area contributed by atoms with Crippen molar-refractivity contribution in [1.82, 2.24) is 0 Å². The Morgan fingerprint density at radius 1 is 0.424 bits per heavy atom. The molecule has 2 aliphatic rings. The molecule has 2 rings (SSSR count). The van der Waals surface area contributed by atoms with E-state index < -0.39 is 86.6 Å². The summed E-state index contributed by atoms with van der Waals surface area (Å²) in [6.45, 7) is 3.18. The Kier molecular flexibility index (Phi) is 37.2. The number of aliphatic hydroxyl groups is 8. The molecule has 10 atom stereocenters. The topological polar surface area (TPSA) is 264 Å². The number of rotatable bonds is 32. The second-order valence-corrected chi connectivity index (χ2v) is 16.3. The number of aliphatic carboxylic acids is 2. The molecular weight excluding hydrogens is 768 g/mol. The second kappa shape index (κ2) is 38.2. The minimum atomic E-state index is -1.74. The fourth-order valence-electron chi connectivity index (χ4n) is 7.16. The lowest BCUT2D eigenvalue weighted by Gasteiger charge is -2.45. The van der Waals surface area contributed by atoms with Crippen LogP contribution >= 0.6 is 0 Å². The summed E-state index contributed by atoms with van der Waals surface area (Å²) >= 11 is 0. The van der Waals surface area contributed by atoms with Gasteiger partial charge >= 0.3 is 11.9 Å². The smallest absolute Gasteiger partial charge is 0.303 e. The molecule has 15 nitrogen and oxygen atoms in total. The van der Waals surface area contributed by atoms with E-state index in [0.29, 0.717) is 12.8 Å². The second-order valence-electron chi connectivity index (χ2n) is 16.3. The van der Waals surface area contributed by atoms with Gasteiger partial charge in [-0.15, -0.1) is 0 Å². The third kappa shape index (κ3) is 28.7. The number of hydrogen-bond acceptors (Lipinski definition) is 13. The first-order valence-corrected chi connectivity index (χ1v) is 23.1. The van der Waals surface area contributed by atoms with E-state index in [9.17, 15) is 45.3 Å². The molecule has 10 N–H and O–H groups in total. The zero-order valence-corrected chi connectivity index (χ0v) is 36.5. The maximum absolute atomic E-state index is 10.3. The summed E-state index contributed by atoms with van der Waals surface area (Å²) in [5.41, 5.74) is 0. The standard InChI is InChI=1S/2C16H32O2.C12H22O11/c2*1-2-3-4-5-6-7-8-9-10-11-12-13-14-15-16(17)18;13-1-3-5(15)6(16)9(19)12(22-3)23-10-4(2-14)21-11(20)8(18)7(10)17/h2*2-15H2,1H3,(H,17,18);3-20H,1-2H2/t;;3-,4-,5+,6+,7-,8-,9-,10-,11?,12+/m..1/s1. The summed E-state index contributed by atoms with van der Waals surface area (Å²) in [5, 5.41) is 93.5. The fourth-order valence-corrected chi connectivity index (χ4v) is 7.16. The molecule has 2 heterocycles. The molecule has 0 aromatic heterocycles. The van der Waals surface area contributed by atoms with Gasteiger partial charge in [0.1, 0.15) is 48.8 Å². The maximum atomic E-state index is 10.3. The van der Waals surface area contributed by atoms with E-state index in [1.165, 1.54) is 141 Å². The van der Waals surface area contributed by atoms with E-state index in [0.717, 1.165) is 25.7 Å². The third-order valence-electron chi connectivity index (χ3n) is 11.0. The lowest BCUT2D eigenvalue weighted by molar-refractivity contribution is -0.355. The molecular formula is C44H86O15. The normalized spacial score (nSPS) is 26.7. The van der Waals surface area contributed by atoms with Gasteiger partial charge < -0.3 is 65.3 Å². The van der Waals surface area contributed by atoms with Crippen molar-refractivity contribution in [1.29, 1.82) is 0 Å². The van der Waals surface area contributed by atoms with Crippen molar-refractivity contribution >= 4 is 11.9 Å². The molecule has 2 fully saturated rings. The highest BCUT2D eigenvalue weighted by Gasteiger charge is 2.50. The molecule has 0 amide bonds. The molecule has 352 valence electrons. The van der Waals surface area contributed by atoms with Gasteiger partial charge in [0.05, 0.1) is 13.2 Å². The SMILES string of the molecule is CCCCCCCCCCCCCCCC(=O)O.CCCCCCCCCCCCCCCC(=O)O.OC[C@H]1O[C@@H](O[C@H]2[C@H](O)[C@@H](O)C(O)O[C@@H]2CO)[C@H](O)[C@@H](O)[C@H]1O. The Morgan fingerprint density at radius 3 is 1.08 bits per heavy atom. The van der Waals surface area contributed by atoms with Crippen LogP contribution < -0.4 is 0 Å². The molecule has 0 saturated carbocycles. The Labute approximate surface area is 354 Å². The Bertz CT molecular complexity index is 931. The van der Waals surface area contributed by atoms with Crippen LogP contribution in [0.4, 0.5) is 0 Å². The molecule has 15 heteroatoms. The van der Waals surface area contributed by atoms with E-state index in [-0.39, 0.29) is 0 Å². The van der Waals surface area contributed by atoms with E-state index >= 15 is 0 Å². The Morgan fingerprint density at radius 2 is 0.763 bits per heavy atom. The zero-order valence-electron chi connectivity index (χ0n) is 36.5. The van der Waals surface area contributed by atoms with Gasteiger partial charge in [-0.05, 0) is 12.8 Å². The first kappa shape index (κ1) is 57.5. The molecule has 1 unspecified atom stereocenters. The molecule has 59 heavy (non-hydrogen) atoms. The average molecular weight is 855 g/mol. The molecule has 0 bridgehead atoms. The largest absolute Gasteiger partial charge is 0.481 e. The van der Waals surface area contributed by atoms with Crippen molar-refractivity contribution in [3.63, 3.8) is 0 Å². The van der Waals surface area contributed by atoms with Crippen molar-refractivity contribution in [2.24, 2.45) is 0 Å². The monoisotopic (exact) mass is 855 g/mol. The number of aliphatic hydroxyl groups excluding tert-OH is 8. The quantitative estimate of drug-likeness (QED) is 0.0364. The van der Waals surface area contributed by atoms with Crippen LogP contribution in [-0.4, -0.2) is 138 Å². The van der Waals surface area contributed by atoms with Gasteiger partial charge in [-0.1, -0.05) is 168 Å². The van der Waals surface area contributed by atoms with Crippen LogP contribution in [0.5, 0.6) is 0 Å². The van der Waals surface area contributed by atoms with Crippen molar-refractivity contribution < 1.29 is 74.9 Å². The maximum Gasteiger partial charge on any atom is 0.303 e. The molecule has 0 radical (unpaired) electrons. The third-order valence-corrected chi connectivity index (χ3v) is 11.0. The number of hydrogen-bond donors (Lipinski definition) is 10. The molecule has 0 aromatic rings. The van der Waals surface area contributed by atoms with E-state index in [4.69, 9.17) is 29.5 Å². The highest BCUT2D eigenvalue weighted by atomic mass is 16.7. The molecule has 0 spiro atoms. The molecule has 0 aliphatic carbocycles. The van der Waals surface area contributed by atoms with Gasteiger partial charge in [-0.25, -0.2) is 0 Å². The van der Waals surface area contributed by atoms with Crippen LogP contribution in [0.2, 0.25) is 0 Å². The molecule has 2 saturated heterocycles. The summed E-state index contributed by atoms with van der Waals surface area (Å²) in [5.74, 6) is -1.31. The van der Waals surface area contributed by atoms with Crippen LogP contribution in [-0.2, 0) is 23.8 Å². The summed E-state index contributed by atoms with van der Waals surface area (Å²) in [6, 6.07) is 0. The van der Waals surface area contributed by atoms with Gasteiger partial charge in [0.15, 0.2) is 12.6 Å². The van der Waals surface area contributed by atoms with Gasteiger partial charge in [-0.3, -0.25) is 9.59 Å². The Hall–Kier alpha value is -1.50. The summed E-state index contributed by atoms with van der Waals surface area (Å²) in [4.78, 5) is 20.6. The number of carboxylic acids is 2. The average Bonchev–Trinajstić information content (AvgIpc) is 3.21. The van der Waals surface area contributed by atoms with Crippen LogP contribution in [0.25, 0.3) is 0 Å². The van der Waals surface area contributed by atoms with Crippen molar-refractivity contribution in [2.45, 2.75) is 255 Å². The van der Waals surface area contributed by atoms with Gasteiger partial charge in [0.2, 0.25) is 0 Å². The summed E-state index contributed by atoms with van der Waals surface area (Å²) in [6.07, 6.45) is 19.0. The van der Waals surface area contributed by atoms with Crippen LogP contribution in [0.3, 0.4) is 0 Å². The summed E-state index contributed by atoms with van der Waals surface area (Å²) < 4.78 is 15.3. The highest BCUT2D eigenvalue weighted by molar-refractivity contribution is 5.66. The minimum Gasteiger partial charge on any atom is -0.481 e. The summed E-state index contributed by atoms with van der Waals surface area (Å²) in [7, 11) is 0. The predicted octanol–water partition coefficient (Wildman–Crippen LogP) is 5.71. The van der Waals surface area contributed by atoms with Crippen molar-refractivity contribution in [3.05, 3.63) is 0 Å². The fraction of sp³-hybridized carbons (Fsp3) is 0.955.